The summed E-state index contributed by atoms with van der Waals surface area (Å²) in [4.78, 5) is 76.9. The van der Waals surface area contributed by atoms with Crippen LogP contribution in [0.5, 0.6) is 0 Å². The van der Waals surface area contributed by atoms with Crippen LogP contribution in [-0.4, -0.2) is 102 Å². The van der Waals surface area contributed by atoms with Crippen molar-refractivity contribution in [3.8, 4) is 0 Å². The second-order valence-corrected chi connectivity index (χ2v) is 13.1. The molecular formula is C30H37ClO14. The Morgan fingerprint density at radius 2 is 1.36 bits per heavy atom. The molecule has 14 nitrogen and oxygen atoms in total. The van der Waals surface area contributed by atoms with Crippen LogP contribution in [0.4, 0.5) is 0 Å². The van der Waals surface area contributed by atoms with E-state index < -0.39 is 112 Å². The molecule has 0 N–H and O–H groups in total. The summed E-state index contributed by atoms with van der Waals surface area (Å²) in [5, 5.41) is -1.15. The van der Waals surface area contributed by atoms with Gasteiger partial charge in [0, 0.05) is 47.0 Å². The fourth-order valence-corrected chi connectivity index (χ4v) is 8.47. The second kappa shape index (κ2) is 11.2. The van der Waals surface area contributed by atoms with Crippen LogP contribution in [0.3, 0.4) is 0 Å². The molecule has 1 saturated carbocycles. The van der Waals surface area contributed by atoms with E-state index in [1.54, 1.807) is 6.92 Å². The molecule has 0 radical (unpaired) electrons. The van der Waals surface area contributed by atoms with Gasteiger partial charge in [-0.25, -0.2) is 0 Å². The van der Waals surface area contributed by atoms with Crippen molar-refractivity contribution in [2.75, 3.05) is 6.61 Å². The highest BCUT2D eigenvalue weighted by molar-refractivity contribution is 6.23. The predicted octanol–water partition coefficient (Wildman–Crippen LogP) is 1.32. The summed E-state index contributed by atoms with van der Waals surface area (Å²) < 4.78 is 48.2. The van der Waals surface area contributed by atoms with Gasteiger partial charge >= 0.3 is 35.8 Å². The Labute approximate surface area is 264 Å². The van der Waals surface area contributed by atoms with Crippen molar-refractivity contribution in [2.24, 2.45) is 17.3 Å². The van der Waals surface area contributed by atoms with Gasteiger partial charge in [-0.2, -0.15) is 0 Å². The Hall–Kier alpha value is -3.23. The standard InChI is InChI=1S/C30H37ClO14/c1-11-20(31)24-30(12(2)27(37)44-24)26(43-17(7)36)23-28(8,25(42-16(6)35)22(21(11)45-30)41-15(5)34)18(39-13(3)32)9-19(40-14(4)33)29(23)10-38-29/h12,18-26H,1,9-10H2,2-8H3/t12?,18-,19+,20-,21+,22+,23+,24-,25-,26-,28-,29+,30-/m0/s1. The second-order valence-electron chi connectivity index (χ2n) is 12.6. The molecule has 15 heteroatoms. The molecule has 2 spiro atoms. The highest BCUT2D eigenvalue weighted by atomic mass is 35.5. The topological polar surface area (TPSA) is 180 Å². The van der Waals surface area contributed by atoms with Crippen molar-refractivity contribution in [1.82, 2.24) is 0 Å². The normalized spacial score (nSPS) is 44.6. The predicted molar refractivity (Wildman–Crippen MR) is 148 cm³/mol. The number of epoxide rings is 1. The number of hydrogen-bond donors (Lipinski definition) is 0. The highest BCUT2D eigenvalue weighted by Crippen LogP contribution is 2.66. The molecule has 13 atom stereocenters. The van der Waals surface area contributed by atoms with Crippen molar-refractivity contribution in [3.05, 3.63) is 12.2 Å². The molecule has 2 bridgehead atoms. The molecule has 1 unspecified atom stereocenters. The maximum Gasteiger partial charge on any atom is 0.312 e. The van der Waals surface area contributed by atoms with Crippen LogP contribution in [0.15, 0.2) is 12.2 Å². The van der Waals surface area contributed by atoms with E-state index in [1.165, 1.54) is 20.8 Å². The number of ether oxygens (including phenoxy) is 8. The van der Waals surface area contributed by atoms with Crippen LogP contribution >= 0.6 is 11.6 Å². The molecule has 45 heavy (non-hydrogen) atoms. The van der Waals surface area contributed by atoms with E-state index in [9.17, 15) is 28.8 Å². The van der Waals surface area contributed by atoms with Gasteiger partial charge in [-0.3, -0.25) is 28.8 Å². The van der Waals surface area contributed by atoms with Crippen LogP contribution in [-0.2, 0) is 66.7 Å². The lowest BCUT2D eigenvalue weighted by atomic mass is 9.50. The smallest absolute Gasteiger partial charge is 0.312 e. The largest absolute Gasteiger partial charge is 0.462 e. The lowest BCUT2D eigenvalue weighted by Crippen LogP contribution is -2.78. The molecule has 5 rings (SSSR count). The van der Waals surface area contributed by atoms with Crippen molar-refractivity contribution in [1.29, 1.82) is 0 Å². The van der Waals surface area contributed by atoms with E-state index in [0.717, 1.165) is 20.8 Å². The molecule has 0 aromatic rings. The zero-order chi connectivity index (χ0) is 33.4. The Balaban J connectivity index is 1.90. The summed E-state index contributed by atoms with van der Waals surface area (Å²) in [5.74, 6) is -6.81. The van der Waals surface area contributed by atoms with Crippen molar-refractivity contribution in [2.45, 2.75) is 114 Å². The zero-order valence-corrected chi connectivity index (χ0v) is 26.7. The summed E-state index contributed by atoms with van der Waals surface area (Å²) in [6.45, 7) is 13.0. The maximum atomic E-state index is 13.4. The summed E-state index contributed by atoms with van der Waals surface area (Å²) in [6, 6.07) is 0. The van der Waals surface area contributed by atoms with Gasteiger partial charge < -0.3 is 37.9 Å². The molecule has 0 aromatic heterocycles. The summed E-state index contributed by atoms with van der Waals surface area (Å²) in [6.07, 6.45) is -9.42. The van der Waals surface area contributed by atoms with Crippen LogP contribution in [0.2, 0.25) is 0 Å². The number of halogens is 1. The SMILES string of the molecule is C=C1[C@H]2O[C@]3(C(C)C(=O)O[C@H]3[C@H]1Cl)[C@@H](OC(C)=O)[C@H]1[C@@]3(CO3)[C@H](OC(C)=O)C[C@H](OC(C)=O)[C@]1(C)[C@@H](OC(C)=O)[C@@H]2OC(C)=O. The fourth-order valence-electron chi connectivity index (χ4n) is 8.10. The van der Waals surface area contributed by atoms with Gasteiger partial charge in [-0.15, -0.1) is 11.6 Å². The number of rotatable bonds is 5. The first-order valence-corrected chi connectivity index (χ1v) is 15.1. The average Bonchev–Trinajstić information content (AvgIpc) is 3.66. The van der Waals surface area contributed by atoms with Gasteiger partial charge in [0.15, 0.2) is 23.9 Å². The van der Waals surface area contributed by atoms with Crippen LogP contribution in [0, 0.1) is 17.3 Å². The molecular weight excluding hydrogens is 620 g/mol. The van der Waals surface area contributed by atoms with Crippen molar-refractivity contribution < 1.29 is 66.7 Å². The molecule has 4 saturated heterocycles. The number of alkyl halides is 1. The molecule has 0 aromatic carbocycles. The minimum Gasteiger partial charge on any atom is -0.462 e. The molecule has 4 aliphatic heterocycles. The van der Waals surface area contributed by atoms with E-state index >= 15 is 0 Å². The van der Waals surface area contributed by atoms with Crippen LogP contribution in [0.25, 0.3) is 0 Å². The zero-order valence-electron chi connectivity index (χ0n) is 26.0. The lowest BCUT2D eigenvalue weighted by molar-refractivity contribution is -0.315. The van der Waals surface area contributed by atoms with Crippen molar-refractivity contribution in [3.63, 3.8) is 0 Å². The lowest BCUT2D eigenvalue weighted by Gasteiger charge is -2.63. The van der Waals surface area contributed by atoms with Gasteiger partial charge in [-0.1, -0.05) is 13.5 Å². The van der Waals surface area contributed by atoms with E-state index in [0.29, 0.717) is 0 Å². The third kappa shape index (κ3) is 4.99. The number of carbonyl (C=O) groups excluding carboxylic acids is 6. The van der Waals surface area contributed by atoms with E-state index in [-0.39, 0.29) is 18.6 Å². The number of fused-ring (bicyclic) bond motifs is 3. The molecule has 4 heterocycles. The first-order valence-electron chi connectivity index (χ1n) is 14.6. The Bertz CT molecular complexity index is 1340. The Kier molecular flexibility index (Phi) is 8.27. The molecule has 5 fully saturated rings. The van der Waals surface area contributed by atoms with E-state index in [4.69, 9.17) is 49.5 Å². The summed E-state index contributed by atoms with van der Waals surface area (Å²) in [7, 11) is 0. The van der Waals surface area contributed by atoms with E-state index in [2.05, 4.69) is 6.58 Å². The van der Waals surface area contributed by atoms with Gasteiger partial charge in [0.05, 0.1) is 23.3 Å². The van der Waals surface area contributed by atoms with Crippen LogP contribution in [0.1, 0.15) is 54.9 Å². The van der Waals surface area contributed by atoms with Gasteiger partial charge in [0.1, 0.15) is 30.0 Å². The fraction of sp³-hybridized carbons (Fsp3) is 0.733. The maximum absolute atomic E-state index is 13.4. The molecule has 248 valence electrons. The quantitative estimate of drug-likeness (QED) is 0.136. The monoisotopic (exact) mass is 656 g/mol. The average molecular weight is 657 g/mol. The number of carbonyl (C=O) groups is 6. The Morgan fingerprint density at radius 3 is 1.87 bits per heavy atom. The number of esters is 6. The third-order valence-corrected chi connectivity index (χ3v) is 10.3. The number of hydrogen-bond acceptors (Lipinski definition) is 14. The Morgan fingerprint density at radius 1 is 0.844 bits per heavy atom. The highest BCUT2D eigenvalue weighted by Gasteiger charge is 2.82. The van der Waals surface area contributed by atoms with Gasteiger partial charge in [0.25, 0.3) is 0 Å². The third-order valence-electron chi connectivity index (χ3n) is 9.84. The van der Waals surface area contributed by atoms with E-state index in [1.807, 2.05) is 0 Å². The van der Waals surface area contributed by atoms with Crippen LogP contribution < -0.4 is 0 Å². The van der Waals surface area contributed by atoms with Gasteiger partial charge in [-0.05, 0) is 12.5 Å². The summed E-state index contributed by atoms with van der Waals surface area (Å²) >= 11 is 6.95. The molecule has 5 aliphatic rings. The van der Waals surface area contributed by atoms with Crippen molar-refractivity contribution >= 4 is 47.4 Å². The molecule has 1 aliphatic carbocycles. The molecule has 0 amide bonds. The summed E-state index contributed by atoms with van der Waals surface area (Å²) in [5.41, 5.74) is -4.78. The first kappa shape index (κ1) is 33.1. The van der Waals surface area contributed by atoms with Gasteiger partial charge in [0.2, 0.25) is 0 Å². The first-order chi connectivity index (χ1) is 20.9. The minimum atomic E-state index is -1.86. The minimum absolute atomic E-state index is 0.0366.